The standard InChI is InChI=1S/C5H7N3O2/c9-5(10)6-1-4-2-7-8-3-4/h2-3,6H,1H2,(H,7,8)(H,9,10). The molecule has 0 atom stereocenters. The van der Waals surface area contributed by atoms with E-state index in [0.717, 1.165) is 5.56 Å². The number of carbonyl (C=O) groups is 1. The number of hydrogen-bond donors (Lipinski definition) is 3. The van der Waals surface area contributed by atoms with E-state index in [1.165, 1.54) is 0 Å². The third-order valence-electron chi connectivity index (χ3n) is 0.999. The van der Waals surface area contributed by atoms with Gasteiger partial charge in [0.2, 0.25) is 0 Å². The fraction of sp³-hybridized carbons (Fsp3) is 0.200. The molecule has 5 nitrogen and oxygen atoms in total. The number of hydrogen-bond acceptors (Lipinski definition) is 2. The van der Waals surface area contributed by atoms with Crippen molar-refractivity contribution < 1.29 is 9.90 Å². The van der Waals surface area contributed by atoms with Gasteiger partial charge in [-0.2, -0.15) is 5.10 Å². The highest BCUT2D eigenvalue weighted by Crippen LogP contribution is 1.90. The van der Waals surface area contributed by atoms with Crippen molar-refractivity contribution in [1.29, 1.82) is 0 Å². The maximum absolute atomic E-state index is 9.95. The van der Waals surface area contributed by atoms with Crippen LogP contribution in [-0.2, 0) is 6.54 Å². The zero-order valence-corrected chi connectivity index (χ0v) is 5.16. The lowest BCUT2D eigenvalue weighted by atomic mass is 10.4. The van der Waals surface area contributed by atoms with Gasteiger partial charge in [-0.25, -0.2) is 4.79 Å². The number of rotatable bonds is 2. The van der Waals surface area contributed by atoms with Gasteiger partial charge in [0.05, 0.1) is 6.20 Å². The fourth-order valence-electron chi connectivity index (χ4n) is 0.552. The summed E-state index contributed by atoms with van der Waals surface area (Å²) in [5.74, 6) is 0. The van der Waals surface area contributed by atoms with Crippen LogP contribution >= 0.6 is 0 Å². The van der Waals surface area contributed by atoms with Gasteiger partial charge >= 0.3 is 6.09 Å². The highest BCUT2D eigenvalue weighted by atomic mass is 16.4. The van der Waals surface area contributed by atoms with E-state index in [1.54, 1.807) is 12.4 Å². The molecule has 1 aromatic rings. The molecule has 0 bridgehead atoms. The summed E-state index contributed by atoms with van der Waals surface area (Å²) < 4.78 is 0. The van der Waals surface area contributed by atoms with Gasteiger partial charge in [-0.3, -0.25) is 5.10 Å². The first-order valence-electron chi connectivity index (χ1n) is 2.73. The number of amides is 1. The van der Waals surface area contributed by atoms with Crippen molar-refractivity contribution in [3.63, 3.8) is 0 Å². The molecule has 0 fully saturated rings. The molecule has 0 aliphatic carbocycles. The summed E-state index contributed by atoms with van der Waals surface area (Å²) in [4.78, 5) is 9.95. The van der Waals surface area contributed by atoms with Crippen molar-refractivity contribution in [3.05, 3.63) is 18.0 Å². The van der Waals surface area contributed by atoms with Gasteiger partial charge in [0.1, 0.15) is 0 Å². The largest absolute Gasteiger partial charge is 0.465 e. The van der Waals surface area contributed by atoms with Crippen LogP contribution in [0.25, 0.3) is 0 Å². The molecule has 10 heavy (non-hydrogen) atoms. The van der Waals surface area contributed by atoms with E-state index in [4.69, 9.17) is 5.11 Å². The smallest absolute Gasteiger partial charge is 0.404 e. The Hall–Kier alpha value is -1.52. The lowest BCUT2D eigenvalue weighted by Crippen LogP contribution is -2.19. The Kier molecular flexibility index (Phi) is 1.89. The second-order valence-corrected chi connectivity index (χ2v) is 1.77. The Balaban J connectivity index is 2.35. The van der Waals surface area contributed by atoms with Crippen LogP contribution in [0.5, 0.6) is 0 Å². The van der Waals surface area contributed by atoms with Gasteiger partial charge in [-0.15, -0.1) is 0 Å². The number of aromatic nitrogens is 2. The molecule has 5 heteroatoms. The van der Waals surface area contributed by atoms with Crippen LogP contribution < -0.4 is 5.32 Å². The molecule has 54 valence electrons. The van der Waals surface area contributed by atoms with E-state index >= 15 is 0 Å². The average molecular weight is 141 g/mol. The molecule has 0 saturated carbocycles. The third-order valence-corrected chi connectivity index (χ3v) is 0.999. The summed E-state index contributed by atoms with van der Waals surface area (Å²) >= 11 is 0. The van der Waals surface area contributed by atoms with Crippen LogP contribution in [0.4, 0.5) is 4.79 Å². The highest BCUT2D eigenvalue weighted by Gasteiger charge is 1.95. The third kappa shape index (κ3) is 1.77. The summed E-state index contributed by atoms with van der Waals surface area (Å²) in [5.41, 5.74) is 0.822. The zero-order chi connectivity index (χ0) is 7.40. The lowest BCUT2D eigenvalue weighted by molar-refractivity contribution is 0.194. The summed E-state index contributed by atoms with van der Waals surface area (Å²) in [6.07, 6.45) is 2.17. The summed E-state index contributed by atoms with van der Waals surface area (Å²) in [7, 11) is 0. The minimum Gasteiger partial charge on any atom is -0.465 e. The van der Waals surface area contributed by atoms with Gasteiger partial charge in [0.15, 0.2) is 0 Å². The molecule has 0 radical (unpaired) electrons. The first kappa shape index (κ1) is 6.60. The van der Waals surface area contributed by atoms with Gasteiger partial charge in [0, 0.05) is 18.3 Å². The summed E-state index contributed by atoms with van der Waals surface area (Å²) in [5, 5.41) is 16.6. The van der Waals surface area contributed by atoms with Crippen molar-refractivity contribution >= 4 is 6.09 Å². The molecule has 0 aliphatic rings. The number of H-pyrrole nitrogens is 1. The number of nitrogens with zero attached hydrogens (tertiary/aromatic N) is 1. The zero-order valence-electron chi connectivity index (χ0n) is 5.16. The van der Waals surface area contributed by atoms with Crippen LogP contribution in [0.2, 0.25) is 0 Å². The van der Waals surface area contributed by atoms with Crippen LogP contribution in [0, 0.1) is 0 Å². The minimum atomic E-state index is -1.03. The average Bonchev–Trinajstić information content (AvgIpc) is 2.34. The molecule has 0 spiro atoms. The molecule has 0 aromatic carbocycles. The van der Waals surface area contributed by atoms with Gasteiger partial charge in [-0.05, 0) is 0 Å². The molecule has 1 rings (SSSR count). The quantitative estimate of drug-likeness (QED) is 0.549. The van der Waals surface area contributed by atoms with Crippen molar-refractivity contribution in [2.75, 3.05) is 0 Å². The maximum atomic E-state index is 9.95. The first-order chi connectivity index (χ1) is 4.79. The second kappa shape index (κ2) is 2.86. The van der Waals surface area contributed by atoms with Gasteiger partial charge < -0.3 is 10.4 Å². The van der Waals surface area contributed by atoms with E-state index in [1.807, 2.05) is 0 Å². The Morgan fingerprint density at radius 3 is 3.20 bits per heavy atom. The second-order valence-electron chi connectivity index (χ2n) is 1.77. The molecule has 3 N–H and O–H groups in total. The molecule has 0 unspecified atom stereocenters. The fourth-order valence-corrected chi connectivity index (χ4v) is 0.552. The predicted molar refractivity (Wildman–Crippen MR) is 33.5 cm³/mol. The van der Waals surface area contributed by atoms with Crippen molar-refractivity contribution in [1.82, 2.24) is 15.5 Å². The van der Waals surface area contributed by atoms with Crippen LogP contribution in [0.15, 0.2) is 12.4 Å². The lowest BCUT2D eigenvalue weighted by Gasteiger charge is -1.93. The van der Waals surface area contributed by atoms with E-state index in [2.05, 4.69) is 15.5 Å². The maximum Gasteiger partial charge on any atom is 0.404 e. The predicted octanol–water partition coefficient (Wildman–Crippen LogP) is 0.177. The Morgan fingerprint density at radius 2 is 2.70 bits per heavy atom. The first-order valence-corrected chi connectivity index (χ1v) is 2.73. The normalized spacial score (nSPS) is 9.20. The van der Waals surface area contributed by atoms with Crippen molar-refractivity contribution in [2.45, 2.75) is 6.54 Å². The molecule has 1 heterocycles. The topological polar surface area (TPSA) is 78.0 Å². The van der Waals surface area contributed by atoms with Gasteiger partial charge in [-0.1, -0.05) is 0 Å². The molecule has 0 aliphatic heterocycles. The SMILES string of the molecule is O=C(O)NCc1cn[nH]c1. The number of aromatic amines is 1. The number of carboxylic acid groups (broad SMARTS) is 1. The van der Waals surface area contributed by atoms with E-state index < -0.39 is 6.09 Å². The summed E-state index contributed by atoms with van der Waals surface area (Å²) in [6, 6.07) is 0. The number of nitrogens with one attached hydrogen (secondary N) is 2. The molecular formula is C5H7N3O2. The van der Waals surface area contributed by atoms with Gasteiger partial charge in [0.25, 0.3) is 0 Å². The van der Waals surface area contributed by atoms with Crippen molar-refractivity contribution in [2.24, 2.45) is 0 Å². The Labute approximate surface area is 57.1 Å². The highest BCUT2D eigenvalue weighted by molar-refractivity contribution is 5.64. The van der Waals surface area contributed by atoms with Crippen LogP contribution in [0.1, 0.15) is 5.56 Å². The van der Waals surface area contributed by atoms with E-state index in [9.17, 15) is 4.79 Å². The Bertz CT molecular complexity index is 207. The molecule has 1 amide bonds. The summed E-state index contributed by atoms with van der Waals surface area (Å²) in [6.45, 7) is 0.297. The van der Waals surface area contributed by atoms with Crippen molar-refractivity contribution in [3.8, 4) is 0 Å². The molecule has 1 aromatic heterocycles. The molecule has 0 saturated heterocycles. The minimum absolute atomic E-state index is 0.297. The Morgan fingerprint density at radius 1 is 1.90 bits per heavy atom. The van der Waals surface area contributed by atoms with Crippen LogP contribution in [-0.4, -0.2) is 21.4 Å². The van der Waals surface area contributed by atoms with E-state index in [-0.39, 0.29) is 0 Å². The van der Waals surface area contributed by atoms with E-state index in [0.29, 0.717) is 6.54 Å². The monoisotopic (exact) mass is 141 g/mol. The molecular weight excluding hydrogens is 134 g/mol. The van der Waals surface area contributed by atoms with Crippen LogP contribution in [0.3, 0.4) is 0 Å².